The van der Waals surface area contributed by atoms with E-state index < -0.39 is 8.07 Å². The SMILES string of the molecule is CC(C)c1ccsc1[Si](C)(C)C1=[C]([Sn])CC=C1. The van der Waals surface area contributed by atoms with Gasteiger partial charge in [0.05, 0.1) is 0 Å². The molecule has 0 unspecified atom stereocenters. The summed E-state index contributed by atoms with van der Waals surface area (Å²) in [5.41, 5.74) is 1.59. The first-order valence-corrected chi connectivity index (χ1v) is 11.4. The van der Waals surface area contributed by atoms with E-state index in [0.717, 1.165) is 0 Å². The molecule has 1 aromatic rings. The Balaban J connectivity index is 2.48. The molecule has 1 heterocycles. The Hall–Kier alpha value is 0.196. The first kappa shape index (κ1) is 13.6. The van der Waals surface area contributed by atoms with Crippen molar-refractivity contribution in [3.05, 3.63) is 37.9 Å². The van der Waals surface area contributed by atoms with Gasteiger partial charge in [-0.25, -0.2) is 0 Å². The van der Waals surface area contributed by atoms with Gasteiger partial charge in [0.2, 0.25) is 0 Å². The Morgan fingerprint density at radius 3 is 2.59 bits per heavy atom. The number of allylic oxidation sites excluding steroid dienone is 4. The molecule has 2 rings (SSSR count). The first-order chi connectivity index (χ1) is 7.94. The van der Waals surface area contributed by atoms with E-state index in [9.17, 15) is 0 Å². The van der Waals surface area contributed by atoms with E-state index in [1.165, 1.54) is 6.42 Å². The number of rotatable bonds is 3. The fourth-order valence-electron chi connectivity index (χ4n) is 2.49. The summed E-state index contributed by atoms with van der Waals surface area (Å²) in [6.07, 6.45) is 5.95. The minimum absolute atomic E-state index is 0.655. The summed E-state index contributed by atoms with van der Waals surface area (Å²) in [5.74, 6) is 0.655. The van der Waals surface area contributed by atoms with Crippen molar-refractivity contribution in [1.29, 1.82) is 0 Å². The third-order valence-electron chi connectivity index (χ3n) is 3.49. The molecule has 0 fully saturated rings. The summed E-state index contributed by atoms with van der Waals surface area (Å²) < 4.78 is 3.37. The Morgan fingerprint density at radius 2 is 2.06 bits per heavy atom. The van der Waals surface area contributed by atoms with E-state index in [4.69, 9.17) is 0 Å². The van der Waals surface area contributed by atoms with Crippen LogP contribution in [0.5, 0.6) is 0 Å². The number of hydrogen-bond acceptors (Lipinski definition) is 1. The zero-order chi connectivity index (χ0) is 12.6. The van der Waals surface area contributed by atoms with Gasteiger partial charge < -0.3 is 0 Å². The van der Waals surface area contributed by atoms with E-state index in [0.29, 0.717) is 5.92 Å². The molecule has 0 aliphatic heterocycles. The van der Waals surface area contributed by atoms with E-state index >= 15 is 0 Å². The van der Waals surface area contributed by atoms with Crippen LogP contribution in [-0.2, 0) is 0 Å². The van der Waals surface area contributed by atoms with Crippen molar-refractivity contribution in [3.8, 4) is 0 Å². The second kappa shape index (κ2) is 5.06. The number of hydrogen-bond donors (Lipinski definition) is 0. The summed E-state index contributed by atoms with van der Waals surface area (Å²) in [6, 6.07) is 2.33. The zero-order valence-electron chi connectivity index (χ0n) is 11.0. The molecular weight excluding hydrogens is 347 g/mol. The molecule has 0 amide bonds. The van der Waals surface area contributed by atoms with Crippen LogP contribution in [0.2, 0.25) is 13.1 Å². The molecule has 0 bridgehead atoms. The van der Waals surface area contributed by atoms with E-state index in [-0.39, 0.29) is 0 Å². The van der Waals surface area contributed by atoms with Gasteiger partial charge in [-0.2, -0.15) is 0 Å². The maximum atomic E-state index is 2.51. The summed E-state index contributed by atoms with van der Waals surface area (Å²) in [5, 5.41) is 3.97. The van der Waals surface area contributed by atoms with Gasteiger partial charge in [-0.3, -0.25) is 0 Å². The molecule has 1 aromatic heterocycles. The summed E-state index contributed by atoms with van der Waals surface area (Å²) >= 11 is 3.58. The van der Waals surface area contributed by atoms with Gasteiger partial charge in [0.15, 0.2) is 0 Å². The molecule has 0 N–H and O–H groups in total. The molecule has 0 saturated heterocycles. The van der Waals surface area contributed by atoms with Crippen LogP contribution in [0.3, 0.4) is 0 Å². The van der Waals surface area contributed by atoms with Gasteiger partial charge in [0, 0.05) is 0 Å². The van der Waals surface area contributed by atoms with Gasteiger partial charge in [-0.1, -0.05) is 0 Å². The summed E-state index contributed by atoms with van der Waals surface area (Å²) in [6.45, 7) is 9.65. The minimum atomic E-state index is -1.43. The standard InChI is InChI=1S/C14H19SSi.Sn/c1-11(2)13-9-10-15-14(13)16(3,4)12-7-5-6-8-12;/h5,7,9-11H,6H2,1-4H3;. The van der Waals surface area contributed by atoms with Crippen molar-refractivity contribution in [2.24, 2.45) is 0 Å². The molecular formula is C14H19SSiSn. The molecule has 0 aromatic carbocycles. The van der Waals surface area contributed by atoms with Crippen molar-refractivity contribution in [1.82, 2.24) is 0 Å². The molecule has 0 atom stereocenters. The molecule has 0 nitrogen and oxygen atoms in total. The van der Waals surface area contributed by atoms with E-state index in [1.807, 2.05) is 11.3 Å². The van der Waals surface area contributed by atoms with Crippen molar-refractivity contribution in [2.75, 3.05) is 0 Å². The molecule has 0 saturated carbocycles. The van der Waals surface area contributed by atoms with Crippen LogP contribution >= 0.6 is 11.3 Å². The van der Waals surface area contributed by atoms with Crippen molar-refractivity contribution in [3.63, 3.8) is 0 Å². The summed E-state index contributed by atoms with van der Waals surface area (Å²) in [4.78, 5) is 0. The van der Waals surface area contributed by atoms with E-state index in [1.54, 1.807) is 41.4 Å². The Bertz CT molecular complexity index is 480. The monoisotopic (exact) mass is 367 g/mol. The van der Waals surface area contributed by atoms with Crippen LogP contribution in [0.4, 0.5) is 0 Å². The third-order valence-corrected chi connectivity index (χ3v) is 11.4. The molecule has 0 spiro atoms. The van der Waals surface area contributed by atoms with Crippen LogP contribution in [0.15, 0.2) is 32.4 Å². The molecule has 17 heavy (non-hydrogen) atoms. The molecule has 89 valence electrons. The predicted octanol–water partition coefficient (Wildman–Crippen LogP) is 3.71. The van der Waals surface area contributed by atoms with Crippen LogP contribution in [0, 0.1) is 0 Å². The van der Waals surface area contributed by atoms with Crippen LogP contribution in [0.1, 0.15) is 31.7 Å². The van der Waals surface area contributed by atoms with Crippen LogP contribution in [0.25, 0.3) is 0 Å². The second-order valence-electron chi connectivity index (χ2n) is 5.48. The normalized spacial score (nSPS) is 16.4. The van der Waals surface area contributed by atoms with Gasteiger partial charge in [0.25, 0.3) is 0 Å². The van der Waals surface area contributed by atoms with Gasteiger partial charge in [-0.05, 0) is 0 Å². The molecule has 1 aliphatic carbocycles. The molecule has 1 aliphatic rings. The average Bonchev–Trinajstić information content (AvgIpc) is 2.84. The van der Waals surface area contributed by atoms with Gasteiger partial charge in [0.1, 0.15) is 0 Å². The van der Waals surface area contributed by atoms with Crippen molar-refractivity contribution < 1.29 is 0 Å². The summed E-state index contributed by atoms with van der Waals surface area (Å²) in [7, 11) is -1.43. The van der Waals surface area contributed by atoms with Crippen LogP contribution in [-0.4, -0.2) is 30.6 Å². The van der Waals surface area contributed by atoms with Crippen molar-refractivity contribution >= 4 is 46.4 Å². The average molecular weight is 366 g/mol. The Morgan fingerprint density at radius 1 is 1.35 bits per heavy atom. The topological polar surface area (TPSA) is 0 Å². The third kappa shape index (κ3) is 2.49. The molecule has 3 heteroatoms. The first-order valence-electron chi connectivity index (χ1n) is 6.14. The Kier molecular flexibility index (Phi) is 4.05. The quantitative estimate of drug-likeness (QED) is 0.716. The van der Waals surface area contributed by atoms with Crippen molar-refractivity contribution in [2.45, 2.75) is 39.3 Å². The zero-order valence-corrected chi connectivity index (χ0v) is 15.7. The van der Waals surface area contributed by atoms with Gasteiger partial charge in [-0.15, -0.1) is 0 Å². The van der Waals surface area contributed by atoms with E-state index in [2.05, 4.69) is 50.5 Å². The maximum absolute atomic E-state index is 2.51. The second-order valence-corrected chi connectivity index (χ2v) is 12.8. The fraction of sp³-hybridized carbons (Fsp3) is 0.429. The fourth-order valence-corrected chi connectivity index (χ4v) is 11.0. The number of thiophene rings is 1. The van der Waals surface area contributed by atoms with Gasteiger partial charge >= 0.3 is 124 Å². The van der Waals surface area contributed by atoms with Crippen LogP contribution < -0.4 is 4.50 Å². The predicted molar refractivity (Wildman–Crippen MR) is 82.1 cm³/mol. The molecule has 3 radical (unpaired) electrons. The Labute approximate surface area is 123 Å².